The van der Waals surface area contributed by atoms with E-state index in [0.717, 1.165) is 30.8 Å². The van der Waals surface area contributed by atoms with E-state index in [1.54, 1.807) is 0 Å². The zero-order valence-corrected chi connectivity index (χ0v) is 15.1. The van der Waals surface area contributed by atoms with E-state index in [4.69, 9.17) is 4.74 Å². The molecular formula is C21H38O. The van der Waals surface area contributed by atoms with Gasteiger partial charge in [0.1, 0.15) is 0 Å². The molecule has 0 bridgehead atoms. The summed E-state index contributed by atoms with van der Waals surface area (Å²) in [7, 11) is 0. The molecular weight excluding hydrogens is 268 g/mol. The molecule has 2 aliphatic carbocycles. The van der Waals surface area contributed by atoms with Gasteiger partial charge in [-0.1, -0.05) is 38.8 Å². The number of hydrogen-bond donors (Lipinski definition) is 0. The van der Waals surface area contributed by atoms with Crippen LogP contribution in [-0.2, 0) is 4.74 Å². The van der Waals surface area contributed by atoms with Crippen molar-refractivity contribution in [3.8, 4) is 0 Å². The Balaban J connectivity index is 1.60. The van der Waals surface area contributed by atoms with Gasteiger partial charge in [0, 0.05) is 6.61 Å². The average Bonchev–Trinajstić information content (AvgIpc) is 2.58. The van der Waals surface area contributed by atoms with Gasteiger partial charge in [-0.3, -0.25) is 0 Å². The Hall–Kier alpha value is -0.300. The molecule has 1 heteroatoms. The normalized spacial score (nSPS) is 33.4. The van der Waals surface area contributed by atoms with E-state index in [1.807, 2.05) is 0 Å². The molecule has 2 rings (SSSR count). The molecule has 2 fully saturated rings. The lowest BCUT2D eigenvalue weighted by Gasteiger charge is -2.37. The molecule has 0 unspecified atom stereocenters. The molecule has 2 saturated carbocycles. The molecule has 0 N–H and O–H groups in total. The van der Waals surface area contributed by atoms with Crippen LogP contribution in [0.3, 0.4) is 0 Å². The van der Waals surface area contributed by atoms with Crippen LogP contribution in [0, 0.1) is 17.8 Å². The summed E-state index contributed by atoms with van der Waals surface area (Å²) in [5.74, 6) is 3.07. The fourth-order valence-electron chi connectivity index (χ4n) is 4.58. The Bertz CT molecular complexity index is 293. The highest BCUT2D eigenvalue weighted by Gasteiger charge is 2.30. The van der Waals surface area contributed by atoms with Crippen LogP contribution in [0.5, 0.6) is 0 Å². The van der Waals surface area contributed by atoms with Crippen molar-refractivity contribution in [1.82, 2.24) is 0 Å². The molecule has 0 aromatic heterocycles. The highest BCUT2D eigenvalue weighted by molar-refractivity contribution is 4.85. The number of rotatable bonds is 8. The molecule has 0 aliphatic heterocycles. The maximum atomic E-state index is 5.94. The third-order valence-corrected chi connectivity index (χ3v) is 5.98. The molecule has 0 saturated heterocycles. The number of allylic oxidation sites excluding steroid dienone is 2. The molecule has 0 amide bonds. The lowest BCUT2D eigenvalue weighted by atomic mass is 9.70. The fourth-order valence-corrected chi connectivity index (χ4v) is 4.58. The Kier molecular flexibility index (Phi) is 8.59. The number of hydrogen-bond acceptors (Lipinski definition) is 1. The zero-order chi connectivity index (χ0) is 15.6. The van der Waals surface area contributed by atoms with Crippen LogP contribution >= 0.6 is 0 Å². The molecule has 2 aliphatic rings. The molecule has 0 spiro atoms. The summed E-state index contributed by atoms with van der Waals surface area (Å²) < 4.78 is 5.94. The molecule has 0 atom stereocenters. The Morgan fingerprint density at radius 2 is 1.45 bits per heavy atom. The van der Waals surface area contributed by atoms with E-state index >= 15 is 0 Å². The van der Waals surface area contributed by atoms with Gasteiger partial charge in [-0.15, -0.1) is 0 Å². The van der Waals surface area contributed by atoms with E-state index in [2.05, 4.69) is 26.0 Å². The Morgan fingerprint density at radius 3 is 2.05 bits per heavy atom. The van der Waals surface area contributed by atoms with Gasteiger partial charge in [-0.05, 0) is 82.0 Å². The molecule has 0 heterocycles. The second kappa shape index (κ2) is 10.5. The van der Waals surface area contributed by atoms with E-state index in [1.165, 1.54) is 70.6 Å². The van der Waals surface area contributed by atoms with Crippen molar-refractivity contribution in [3.63, 3.8) is 0 Å². The number of ether oxygens (including phenoxy) is 1. The highest BCUT2D eigenvalue weighted by Crippen LogP contribution is 2.41. The third-order valence-electron chi connectivity index (χ3n) is 5.98. The average molecular weight is 307 g/mol. The van der Waals surface area contributed by atoms with Crippen LogP contribution in [0.2, 0.25) is 0 Å². The van der Waals surface area contributed by atoms with Gasteiger partial charge in [-0.2, -0.15) is 0 Å². The van der Waals surface area contributed by atoms with Gasteiger partial charge in [-0.25, -0.2) is 0 Å². The van der Waals surface area contributed by atoms with Crippen molar-refractivity contribution in [2.75, 3.05) is 6.61 Å². The smallest absolute Gasteiger partial charge is 0.0575 e. The van der Waals surface area contributed by atoms with Crippen LogP contribution in [0.4, 0.5) is 0 Å². The van der Waals surface area contributed by atoms with E-state index in [9.17, 15) is 0 Å². The first-order chi connectivity index (χ1) is 10.8. The van der Waals surface area contributed by atoms with Gasteiger partial charge >= 0.3 is 0 Å². The van der Waals surface area contributed by atoms with Gasteiger partial charge in [0.2, 0.25) is 0 Å². The molecule has 1 nitrogen and oxygen atoms in total. The van der Waals surface area contributed by atoms with E-state index in [0.29, 0.717) is 6.10 Å². The molecule has 0 aromatic carbocycles. The van der Waals surface area contributed by atoms with Crippen molar-refractivity contribution >= 4 is 0 Å². The van der Waals surface area contributed by atoms with Crippen molar-refractivity contribution in [2.45, 2.75) is 97.0 Å². The second-order valence-corrected chi connectivity index (χ2v) is 7.65. The molecule has 0 aromatic rings. The van der Waals surface area contributed by atoms with Crippen LogP contribution in [0.1, 0.15) is 90.9 Å². The van der Waals surface area contributed by atoms with Crippen LogP contribution in [0.15, 0.2) is 12.2 Å². The minimum Gasteiger partial charge on any atom is -0.378 e. The maximum Gasteiger partial charge on any atom is 0.0575 e. The van der Waals surface area contributed by atoms with Crippen molar-refractivity contribution in [2.24, 2.45) is 17.8 Å². The lowest BCUT2D eigenvalue weighted by Crippen LogP contribution is -2.28. The Morgan fingerprint density at radius 1 is 0.818 bits per heavy atom. The summed E-state index contributed by atoms with van der Waals surface area (Å²) in [5.41, 5.74) is 0. The lowest BCUT2D eigenvalue weighted by molar-refractivity contribution is 0.00730. The second-order valence-electron chi connectivity index (χ2n) is 7.65. The Labute approximate surface area is 138 Å². The van der Waals surface area contributed by atoms with Crippen molar-refractivity contribution < 1.29 is 4.74 Å². The molecule has 128 valence electrons. The SMILES string of the molecule is CC/C=C/CCC1CCC(C2CCC(OCCC)CC2)CC1. The van der Waals surface area contributed by atoms with Gasteiger partial charge < -0.3 is 4.74 Å². The summed E-state index contributed by atoms with van der Waals surface area (Å²) in [6.45, 7) is 5.40. The highest BCUT2D eigenvalue weighted by atomic mass is 16.5. The largest absolute Gasteiger partial charge is 0.378 e. The summed E-state index contributed by atoms with van der Waals surface area (Å²) in [6, 6.07) is 0. The van der Waals surface area contributed by atoms with E-state index in [-0.39, 0.29) is 0 Å². The van der Waals surface area contributed by atoms with Gasteiger partial charge in [0.25, 0.3) is 0 Å². The van der Waals surface area contributed by atoms with Crippen molar-refractivity contribution in [3.05, 3.63) is 12.2 Å². The first-order valence-corrected chi connectivity index (χ1v) is 10.1. The first-order valence-electron chi connectivity index (χ1n) is 10.1. The standard InChI is InChI=1S/C21H38O/c1-3-5-6-7-8-18-9-11-19(12-10-18)20-13-15-21(16-14-20)22-17-4-2/h5-6,18-21H,3-4,7-17H2,1-2H3/b6-5+. The predicted molar refractivity (Wildman–Crippen MR) is 96.1 cm³/mol. The van der Waals surface area contributed by atoms with E-state index < -0.39 is 0 Å². The minimum atomic E-state index is 0.581. The maximum absolute atomic E-state index is 5.94. The summed E-state index contributed by atoms with van der Waals surface area (Å²) in [6.07, 6.45) is 21.9. The van der Waals surface area contributed by atoms with Crippen LogP contribution in [0.25, 0.3) is 0 Å². The van der Waals surface area contributed by atoms with Crippen LogP contribution in [-0.4, -0.2) is 12.7 Å². The first kappa shape index (κ1) is 18.0. The monoisotopic (exact) mass is 306 g/mol. The minimum absolute atomic E-state index is 0.581. The topological polar surface area (TPSA) is 9.23 Å². The fraction of sp³-hybridized carbons (Fsp3) is 0.905. The quantitative estimate of drug-likeness (QED) is 0.463. The predicted octanol–water partition coefficient (Wildman–Crippen LogP) is 6.52. The molecule has 0 radical (unpaired) electrons. The zero-order valence-electron chi connectivity index (χ0n) is 15.1. The summed E-state index contributed by atoms with van der Waals surface area (Å²) >= 11 is 0. The van der Waals surface area contributed by atoms with Gasteiger partial charge in [0.15, 0.2) is 0 Å². The summed E-state index contributed by atoms with van der Waals surface area (Å²) in [5, 5.41) is 0. The van der Waals surface area contributed by atoms with Crippen LogP contribution < -0.4 is 0 Å². The third kappa shape index (κ3) is 6.07. The van der Waals surface area contributed by atoms with Crippen molar-refractivity contribution in [1.29, 1.82) is 0 Å². The van der Waals surface area contributed by atoms with Gasteiger partial charge in [0.05, 0.1) is 6.10 Å². The summed E-state index contributed by atoms with van der Waals surface area (Å²) in [4.78, 5) is 0. The molecule has 22 heavy (non-hydrogen) atoms.